The predicted molar refractivity (Wildman–Crippen MR) is 72.2 cm³/mol. The quantitative estimate of drug-likeness (QED) is 0.786. The minimum absolute atomic E-state index is 0.0544. The van der Waals surface area contributed by atoms with Crippen LogP contribution in [0.3, 0.4) is 0 Å². The van der Waals surface area contributed by atoms with Gasteiger partial charge < -0.3 is 10.0 Å². The average Bonchev–Trinajstić information content (AvgIpc) is 2.84. The lowest BCUT2D eigenvalue weighted by Crippen LogP contribution is -2.40. The lowest BCUT2D eigenvalue weighted by molar-refractivity contribution is -0.128. The van der Waals surface area contributed by atoms with E-state index < -0.39 is 27.6 Å². The Morgan fingerprint density at radius 3 is 2.45 bits per heavy atom. The van der Waals surface area contributed by atoms with Crippen molar-refractivity contribution in [2.45, 2.75) is 11.1 Å². The van der Waals surface area contributed by atoms with E-state index in [0.29, 0.717) is 0 Å². The molecule has 1 rings (SSSR count). The molecule has 20 heavy (non-hydrogen) atoms. The molecule has 0 fully saturated rings. The van der Waals surface area contributed by atoms with Gasteiger partial charge >= 0.3 is 5.97 Å². The Balaban J connectivity index is 3.16. The zero-order chi connectivity index (χ0) is 15.5. The number of carbonyl (C=O) groups excluding carboxylic acids is 1. The van der Waals surface area contributed by atoms with Gasteiger partial charge in [0.25, 0.3) is 10.0 Å². The minimum atomic E-state index is -4.05. The van der Waals surface area contributed by atoms with Gasteiger partial charge in [-0.3, -0.25) is 4.79 Å². The van der Waals surface area contributed by atoms with Crippen LogP contribution in [0.1, 0.15) is 17.4 Å². The Morgan fingerprint density at radius 1 is 1.40 bits per heavy atom. The molecule has 112 valence electrons. The summed E-state index contributed by atoms with van der Waals surface area (Å²) in [6.07, 6.45) is 0. The topological polar surface area (TPSA) is 108 Å². The van der Waals surface area contributed by atoms with Crippen molar-refractivity contribution in [2.75, 3.05) is 27.2 Å². The molecule has 0 radical (unpaired) electrons. The Kier molecular flexibility index (Phi) is 5.20. The van der Waals surface area contributed by atoms with Gasteiger partial charge in [0.2, 0.25) is 5.91 Å². The summed E-state index contributed by atoms with van der Waals surface area (Å²) in [4.78, 5) is 27.4. The molecule has 8 nitrogen and oxygen atoms in total. The van der Waals surface area contributed by atoms with Gasteiger partial charge in [-0.1, -0.05) is 6.92 Å². The highest BCUT2D eigenvalue weighted by molar-refractivity contribution is 7.91. The van der Waals surface area contributed by atoms with Crippen LogP contribution in [0.2, 0.25) is 0 Å². The minimum Gasteiger partial charge on any atom is -0.476 e. The molecule has 0 aliphatic carbocycles. The van der Waals surface area contributed by atoms with Gasteiger partial charge in [0.15, 0.2) is 9.90 Å². The van der Waals surface area contributed by atoms with E-state index >= 15 is 0 Å². The number of aromatic carboxylic acids is 1. The van der Waals surface area contributed by atoms with Gasteiger partial charge in [-0.25, -0.2) is 18.2 Å². The molecule has 0 spiro atoms. The van der Waals surface area contributed by atoms with E-state index in [0.717, 1.165) is 21.2 Å². The molecule has 0 aliphatic heterocycles. The predicted octanol–water partition coefficient (Wildman–Crippen LogP) is -0.0599. The fourth-order valence-corrected chi connectivity index (χ4v) is 4.01. The number of aromatic nitrogens is 1. The summed E-state index contributed by atoms with van der Waals surface area (Å²) >= 11 is 0.718. The SMILES string of the molecule is CCN(CC(=O)N(C)C)S(=O)(=O)c1scnc1C(=O)O. The number of nitrogens with zero attached hydrogens (tertiary/aromatic N) is 3. The van der Waals surface area contributed by atoms with E-state index in [4.69, 9.17) is 5.11 Å². The van der Waals surface area contributed by atoms with Gasteiger partial charge in [0.1, 0.15) is 0 Å². The zero-order valence-electron chi connectivity index (χ0n) is 11.2. The van der Waals surface area contributed by atoms with Crippen molar-refractivity contribution in [3.05, 3.63) is 11.2 Å². The van der Waals surface area contributed by atoms with Crippen molar-refractivity contribution < 1.29 is 23.1 Å². The molecule has 1 amide bonds. The Hall–Kier alpha value is -1.52. The van der Waals surface area contributed by atoms with Crippen LogP contribution in [0.4, 0.5) is 0 Å². The van der Waals surface area contributed by atoms with Gasteiger partial charge in [-0.15, -0.1) is 11.3 Å². The van der Waals surface area contributed by atoms with Crippen molar-refractivity contribution in [1.29, 1.82) is 0 Å². The van der Waals surface area contributed by atoms with Crippen LogP contribution in [0.15, 0.2) is 9.72 Å². The van der Waals surface area contributed by atoms with Gasteiger partial charge in [-0.05, 0) is 0 Å². The number of carboxylic acids is 1. The molecule has 0 aromatic carbocycles. The van der Waals surface area contributed by atoms with Crippen molar-refractivity contribution in [2.24, 2.45) is 0 Å². The molecule has 0 atom stereocenters. The first kappa shape index (κ1) is 16.5. The Bertz CT molecular complexity index is 608. The molecule has 0 unspecified atom stereocenters. The van der Waals surface area contributed by atoms with Crippen molar-refractivity contribution in [1.82, 2.24) is 14.2 Å². The lowest BCUT2D eigenvalue weighted by atomic mass is 10.5. The Labute approximate surface area is 120 Å². The van der Waals surface area contributed by atoms with Crippen LogP contribution >= 0.6 is 11.3 Å². The summed E-state index contributed by atoms with van der Waals surface area (Å²) in [6.45, 7) is 1.28. The van der Waals surface area contributed by atoms with E-state index in [-0.39, 0.29) is 17.3 Å². The van der Waals surface area contributed by atoms with Crippen LogP contribution in [0, 0.1) is 0 Å². The number of amides is 1. The Morgan fingerprint density at radius 2 is 2.00 bits per heavy atom. The van der Waals surface area contributed by atoms with Gasteiger partial charge in [-0.2, -0.15) is 4.31 Å². The summed E-state index contributed by atoms with van der Waals surface area (Å²) < 4.78 is 25.3. The summed E-state index contributed by atoms with van der Waals surface area (Å²) in [6, 6.07) is 0. The van der Waals surface area contributed by atoms with Crippen LogP contribution in [0.5, 0.6) is 0 Å². The van der Waals surface area contributed by atoms with E-state index in [2.05, 4.69) is 4.98 Å². The second-order valence-corrected chi connectivity index (χ2v) is 7.00. The summed E-state index contributed by atoms with van der Waals surface area (Å²) in [5, 5.41) is 8.93. The maximum atomic E-state index is 12.4. The number of rotatable bonds is 6. The molecule has 0 saturated carbocycles. The molecule has 1 aromatic heterocycles. The number of likely N-dealkylation sites (N-methyl/N-ethyl adjacent to an activating group) is 2. The number of sulfonamides is 1. The fourth-order valence-electron chi connectivity index (χ4n) is 1.34. The first-order chi connectivity index (χ1) is 9.21. The molecule has 10 heteroatoms. The van der Waals surface area contributed by atoms with Gasteiger partial charge in [0, 0.05) is 20.6 Å². The maximum absolute atomic E-state index is 12.4. The first-order valence-corrected chi connectivity index (χ1v) is 7.90. The van der Waals surface area contributed by atoms with E-state index in [9.17, 15) is 18.0 Å². The smallest absolute Gasteiger partial charge is 0.356 e. The normalized spacial score (nSPS) is 11.6. The fraction of sp³-hybridized carbons (Fsp3) is 0.500. The standard InChI is InChI=1S/C10H15N3O5S2/c1-4-13(5-7(14)12(2)3)20(17,18)10-8(9(15)16)11-6-19-10/h6H,4-5H2,1-3H3,(H,15,16). The number of thiazole rings is 1. The zero-order valence-corrected chi connectivity index (χ0v) is 12.9. The highest BCUT2D eigenvalue weighted by atomic mass is 32.2. The third-order valence-corrected chi connectivity index (χ3v) is 5.74. The van der Waals surface area contributed by atoms with E-state index in [1.165, 1.54) is 19.0 Å². The lowest BCUT2D eigenvalue weighted by Gasteiger charge is -2.21. The van der Waals surface area contributed by atoms with E-state index in [1.807, 2.05) is 0 Å². The largest absolute Gasteiger partial charge is 0.476 e. The molecular formula is C10H15N3O5S2. The van der Waals surface area contributed by atoms with Crippen LogP contribution in [-0.2, 0) is 14.8 Å². The second kappa shape index (κ2) is 6.29. The number of hydrogen-bond acceptors (Lipinski definition) is 6. The molecule has 0 saturated heterocycles. The molecule has 0 aliphatic rings. The highest BCUT2D eigenvalue weighted by Crippen LogP contribution is 2.24. The van der Waals surface area contributed by atoms with E-state index in [1.54, 1.807) is 6.92 Å². The molecule has 0 bridgehead atoms. The molecular weight excluding hydrogens is 306 g/mol. The number of carbonyl (C=O) groups is 2. The van der Waals surface area contributed by atoms with Crippen LogP contribution < -0.4 is 0 Å². The second-order valence-electron chi connectivity index (χ2n) is 4.01. The number of hydrogen-bond donors (Lipinski definition) is 1. The van der Waals surface area contributed by atoms with Crippen molar-refractivity contribution in [3.63, 3.8) is 0 Å². The molecule has 1 heterocycles. The average molecular weight is 321 g/mol. The number of carboxylic acid groups (broad SMARTS) is 1. The summed E-state index contributed by atoms with van der Waals surface area (Å²) in [5.74, 6) is -1.81. The monoisotopic (exact) mass is 321 g/mol. The third-order valence-electron chi connectivity index (χ3n) is 2.47. The van der Waals surface area contributed by atoms with Crippen LogP contribution in [0.25, 0.3) is 0 Å². The summed E-state index contributed by atoms with van der Waals surface area (Å²) in [7, 11) is -1.03. The highest BCUT2D eigenvalue weighted by Gasteiger charge is 2.32. The first-order valence-electron chi connectivity index (χ1n) is 5.58. The molecule has 1 N–H and O–H groups in total. The van der Waals surface area contributed by atoms with Crippen molar-refractivity contribution >= 4 is 33.2 Å². The summed E-state index contributed by atoms with van der Waals surface area (Å²) in [5.41, 5.74) is 0.628. The maximum Gasteiger partial charge on any atom is 0.356 e. The van der Waals surface area contributed by atoms with Crippen LogP contribution in [-0.4, -0.2) is 66.8 Å². The molecule has 1 aromatic rings. The van der Waals surface area contributed by atoms with Gasteiger partial charge in [0.05, 0.1) is 12.1 Å². The third kappa shape index (κ3) is 3.32. The van der Waals surface area contributed by atoms with Crippen molar-refractivity contribution in [3.8, 4) is 0 Å².